The summed E-state index contributed by atoms with van der Waals surface area (Å²) in [5, 5.41) is 23.1. The molecule has 0 aromatic rings. The average Bonchev–Trinajstić information content (AvgIpc) is 3.30. The summed E-state index contributed by atoms with van der Waals surface area (Å²) < 4.78 is 0. The van der Waals surface area contributed by atoms with Gasteiger partial charge in [-0.25, -0.2) is 0 Å². The summed E-state index contributed by atoms with van der Waals surface area (Å²) in [6, 6.07) is -0.618. The van der Waals surface area contributed by atoms with Crippen LogP contribution in [0.5, 0.6) is 0 Å². The molecule has 0 aromatic carbocycles. The maximum Gasteiger partial charge on any atom is 0.220 e. The molecular weight excluding hydrogens is 783 g/mol. The van der Waals surface area contributed by atoms with E-state index < -0.39 is 12.1 Å². The molecule has 0 bridgehead atoms. The van der Waals surface area contributed by atoms with E-state index in [1.807, 2.05) is 6.08 Å². The third-order valence-corrected chi connectivity index (χ3v) is 13.9. The van der Waals surface area contributed by atoms with Gasteiger partial charge in [0, 0.05) is 6.42 Å². The molecule has 2 unspecified atom stereocenters. The van der Waals surface area contributed by atoms with E-state index in [9.17, 15) is 15.0 Å². The van der Waals surface area contributed by atoms with Gasteiger partial charge in [-0.15, -0.1) is 0 Å². The number of allylic oxidation sites excluding steroid dienone is 3. The summed E-state index contributed by atoms with van der Waals surface area (Å²) in [6.07, 6.45) is 75.1. The average molecular weight is 901 g/mol. The molecule has 0 aliphatic carbocycles. The fraction of sp³-hybridized carbons (Fsp3) is 0.917. The second kappa shape index (κ2) is 56.2. The van der Waals surface area contributed by atoms with Crippen LogP contribution in [0.15, 0.2) is 24.3 Å². The molecule has 0 aliphatic heterocycles. The molecule has 0 rings (SSSR count). The summed E-state index contributed by atoms with van der Waals surface area (Å²) in [5.74, 6) is -0.0574. The van der Waals surface area contributed by atoms with Gasteiger partial charge in [0.05, 0.1) is 18.8 Å². The molecule has 0 fully saturated rings. The molecule has 0 aliphatic rings. The number of rotatable bonds is 55. The van der Waals surface area contributed by atoms with Crippen molar-refractivity contribution in [1.29, 1.82) is 0 Å². The second-order valence-electron chi connectivity index (χ2n) is 20.4. The molecule has 380 valence electrons. The minimum Gasteiger partial charge on any atom is -0.394 e. The molecule has 4 nitrogen and oxygen atoms in total. The van der Waals surface area contributed by atoms with E-state index in [1.54, 1.807) is 6.08 Å². The smallest absolute Gasteiger partial charge is 0.220 e. The SMILES string of the molecule is CCCCCCCCCC/C=C\CCCCCCCCCCCCCCCCCCCCCCCCCCCC(=O)NC(CO)C(O)/C=C/CCCCCCCCCCCCCCC. The first-order valence-electron chi connectivity index (χ1n) is 29.6. The molecule has 1 amide bonds. The van der Waals surface area contributed by atoms with E-state index >= 15 is 0 Å². The molecule has 64 heavy (non-hydrogen) atoms. The second-order valence-corrected chi connectivity index (χ2v) is 20.4. The summed E-state index contributed by atoms with van der Waals surface area (Å²) in [4.78, 5) is 12.5. The van der Waals surface area contributed by atoms with Crippen molar-refractivity contribution >= 4 is 5.91 Å². The Bertz CT molecular complexity index is 932. The van der Waals surface area contributed by atoms with E-state index in [-0.39, 0.29) is 12.5 Å². The maximum absolute atomic E-state index is 12.5. The molecule has 3 N–H and O–H groups in total. The number of unbranched alkanes of at least 4 members (excludes halogenated alkanes) is 46. The van der Waals surface area contributed by atoms with Gasteiger partial charge in [-0.2, -0.15) is 0 Å². The highest BCUT2D eigenvalue weighted by molar-refractivity contribution is 5.76. The third-order valence-electron chi connectivity index (χ3n) is 13.9. The van der Waals surface area contributed by atoms with Crippen molar-refractivity contribution in [3.8, 4) is 0 Å². The highest BCUT2D eigenvalue weighted by Gasteiger charge is 2.18. The van der Waals surface area contributed by atoms with Crippen LogP contribution in [0.1, 0.15) is 335 Å². The predicted molar refractivity (Wildman–Crippen MR) is 286 cm³/mol. The van der Waals surface area contributed by atoms with E-state index in [1.165, 1.54) is 289 Å². The van der Waals surface area contributed by atoms with Gasteiger partial charge < -0.3 is 15.5 Å². The van der Waals surface area contributed by atoms with Crippen molar-refractivity contribution in [1.82, 2.24) is 5.32 Å². The number of nitrogens with one attached hydrogen (secondary N) is 1. The third kappa shape index (κ3) is 51.8. The van der Waals surface area contributed by atoms with Crippen LogP contribution in [0.25, 0.3) is 0 Å². The molecule has 4 heteroatoms. The highest BCUT2D eigenvalue weighted by Crippen LogP contribution is 2.18. The minimum absolute atomic E-state index is 0.0574. The van der Waals surface area contributed by atoms with Crippen LogP contribution >= 0.6 is 0 Å². The van der Waals surface area contributed by atoms with Gasteiger partial charge in [-0.1, -0.05) is 308 Å². The molecular formula is C60H117NO3. The van der Waals surface area contributed by atoms with Crippen molar-refractivity contribution in [2.45, 2.75) is 347 Å². The maximum atomic E-state index is 12.5. The lowest BCUT2D eigenvalue weighted by Gasteiger charge is -2.20. The summed E-state index contributed by atoms with van der Waals surface area (Å²) in [6.45, 7) is 4.34. The van der Waals surface area contributed by atoms with Crippen molar-refractivity contribution in [2.24, 2.45) is 0 Å². The normalized spacial score (nSPS) is 12.9. The van der Waals surface area contributed by atoms with Gasteiger partial charge in [-0.05, 0) is 44.9 Å². The molecule has 0 saturated heterocycles. The van der Waals surface area contributed by atoms with Crippen LogP contribution in [0, 0.1) is 0 Å². The van der Waals surface area contributed by atoms with Gasteiger partial charge in [-0.3, -0.25) is 4.79 Å². The van der Waals surface area contributed by atoms with Crippen LogP contribution in [-0.2, 0) is 4.79 Å². The zero-order valence-electron chi connectivity index (χ0n) is 43.8. The van der Waals surface area contributed by atoms with Crippen LogP contribution in [0.4, 0.5) is 0 Å². The highest BCUT2D eigenvalue weighted by atomic mass is 16.3. The van der Waals surface area contributed by atoms with Gasteiger partial charge >= 0.3 is 0 Å². The summed E-state index contributed by atoms with van der Waals surface area (Å²) in [5.41, 5.74) is 0. The lowest BCUT2D eigenvalue weighted by molar-refractivity contribution is -0.123. The molecule has 0 heterocycles. The van der Waals surface area contributed by atoms with E-state index in [4.69, 9.17) is 0 Å². The first kappa shape index (κ1) is 62.9. The van der Waals surface area contributed by atoms with Crippen molar-refractivity contribution in [3.63, 3.8) is 0 Å². The Morgan fingerprint density at radius 2 is 0.594 bits per heavy atom. The van der Waals surface area contributed by atoms with Crippen molar-refractivity contribution in [3.05, 3.63) is 24.3 Å². The van der Waals surface area contributed by atoms with E-state index in [0.29, 0.717) is 6.42 Å². The number of carbonyl (C=O) groups is 1. The van der Waals surface area contributed by atoms with E-state index in [2.05, 4.69) is 31.3 Å². The molecule has 0 spiro atoms. The van der Waals surface area contributed by atoms with Crippen molar-refractivity contribution < 1.29 is 15.0 Å². The Hall–Kier alpha value is -1.13. The topological polar surface area (TPSA) is 69.6 Å². The summed E-state index contributed by atoms with van der Waals surface area (Å²) in [7, 11) is 0. The fourth-order valence-electron chi connectivity index (χ4n) is 9.41. The number of aliphatic hydroxyl groups excluding tert-OH is 2. The molecule has 2 atom stereocenters. The number of aliphatic hydroxyl groups is 2. The first-order valence-corrected chi connectivity index (χ1v) is 29.6. The standard InChI is InChI=1S/C60H117NO3/c1-3-5-7-9-11-13-15-17-19-20-21-22-23-24-25-26-27-28-29-30-31-32-33-34-35-36-37-38-39-40-42-44-46-48-50-52-54-56-60(64)61-58(57-62)59(63)55-53-51-49-47-45-43-41-18-16-14-12-10-8-6-4-2/h20-21,53,55,58-59,62-63H,3-19,22-52,54,56-57H2,1-2H3,(H,61,64)/b21-20-,55-53+. The lowest BCUT2D eigenvalue weighted by atomic mass is 10.0. The minimum atomic E-state index is -0.836. The number of hydrogen-bond acceptors (Lipinski definition) is 3. The van der Waals surface area contributed by atoms with Crippen LogP contribution in [0.2, 0.25) is 0 Å². The van der Waals surface area contributed by atoms with Crippen LogP contribution in [0.3, 0.4) is 0 Å². The monoisotopic (exact) mass is 900 g/mol. The van der Waals surface area contributed by atoms with Gasteiger partial charge in [0.2, 0.25) is 5.91 Å². The Balaban J connectivity index is 3.38. The number of hydrogen-bond donors (Lipinski definition) is 3. The Morgan fingerprint density at radius 3 is 0.859 bits per heavy atom. The first-order chi connectivity index (χ1) is 31.7. The van der Waals surface area contributed by atoms with Crippen LogP contribution < -0.4 is 5.32 Å². The summed E-state index contributed by atoms with van der Waals surface area (Å²) >= 11 is 0. The number of amides is 1. The molecule has 0 radical (unpaired) electrons. The fourth-order valence-corrected chi connectivity index (χ4v) is 9.41. The zero-order chi connectivity index (χ0) is 46.3. The Kier molecular flexibility index (Phi) is 55.2. The van der Waals surface area contributed by atoms with Crippen molar-refractivity contribution in [2.75, 3.05) is 6.61 Å². The van der Waals surface area contributed by atoms with E-state index in [0.717, 1.165) is 25.7 Å². The van der Waals surface area contributed by atoms with Gasteiger partial charge in [0.25, 0.3) is 0 Å². The lowest BCUT2D eigenvalue weighted by Crippen LogP contribution is -2.45. The Morgan fingerprint density at radius 1 is 0.359 bits per heavy atom. The molecule has 0 saturated carbocycles. The number of carbonyl (C=O) groups excluding carboxylic acids is 1. The quantitative estimate of drug-likeness (QED) is 0.0421. The largest absolute Gasteiger partial charge is 0.394 e. The predicted octanol–water partition coefficient (Wildman–Crippen LogP) is 19.5. The molecule has 0 aromatic heterocycles. The van der Waals surface area contributed by atoms with Crippen LogP contribution in [-0.4, -0.2) is 34.9 Å². The van der Waals surface area contributed by atoms with Gasteiger partial charge in [0.15, 0.2) is 0 Å². The zero-order valence-corrected chi connectivity index (χ0v) is 43.8. The Labute approximate surface area is 402 Å². The van der Waals surface area contributed by atoms with Gasteiger partial charge in [0.1, 0.15) is 0 Å².